The summed E-state index contributed by atoms with van der Waals surface area (Å²) in [4.78, 5) is 25.8. The van der Waals surface area contributed by atoms with Gasteiger partial charge in [-0.15, -0.1) is 0 Å². The van der Waals surface area contributed by atoms with Crippen LogP contribution in [0.4, 0.5) is 5.69 Å². The van der Waals surface area contributed by atoms with E-state index < -0.39 is 32.1 Å². The fourth-order valence-electron chi connectivity index (χ4n) is 8.09. The van der Waals surface area contributed by atoms with Crippen molar-refractivity contribution in [2.24, 2.45) is 11.5 Å². The van der Waals surface area contributed by atoms with E-state index in [0.29, 0.717) is 111 Å². The number of aliphatic hydroxyl groups is 1. The van der Waals surface area contributed by atoms with Crippen LogP contribution in [0.15, 0.2) is 46.2 Å². The smallest absolute Gasteiger partial charge is 0.320 e. The van der Waals surface area contributed by atoms with E-state index in [1.807, 2.05) is 31.1 Å². The maximum absolute atomic E-state index is 14.8. The Hall–Kier alpha value is -3.84. The molecule has 382 valence electrons. The lowest BCUT2D eigenvalue weighted by atomic mass is 9.92. The first kappa shape index (κ1) is 56.7. The largest absolute Gasteiger partial charge is 0.490 e. The Labute approximate surface area is 402 Å². The molecule has 0 saturated carbocycles. The molecule has 8 N–H and O–H groups in total. The number of carboxylic acid groups (broad SMARTS) is 1. The van der Waals surface area contributed by atoms with Crippen molar-refractivity contribution in [2.45, 2.75) is 80.2 Å². The topological polar surface area (TPSA) is 266 Å². The average Bonchev–Trinajstić information content (AvgIpc) is 3.30. The fourth-order valence-corrected chi connectivity index (χ4v) is 11.0. The zero-order valence-electron chi connectivity index (χ0n) is 40.5. The van der Waals surface area contributed by atoms with Gasteiger partial charge in [0, 0.05) is 85.4 Å². The number of carbonyl (C=O) groups excluding carboxylic acids is 1. The highest BCUT2D eigenvalue weighted by atomic mass is 32.2. The van der Waals surface area contributed by atoms with Crippen molar-refractivity contribution >= 4 is 69.8 Å². The maximum atomic E-state index is 14.8. The van der Waals surface area contributed by atoms with Crippen molar-refractivity contribution in [3.63, 3.8) is 0 Å². The molecule has 0 saturated heterocycles. The van der Waals surface area contributed by atoms with Crippen molar-refractivity contribution in [1.82, 2.24) is 19.2 Å². The number of rotatable bonds is 37. The van der Waals surface area contributed by atoms with E-state index >= 15 is 0 Å². The number of carboxylic acids is 1. The minimum atomic E-state index is -4.37. The highest BCUT2D eigenvalue weighted by molar-refractivity contribution is 7.90. The minimum absolute atomic E-state index is 0.00654. The van der Waals surface area contributed by atoms with E-state index in [1.165, 1.54) is 35.7 Å². The Morgan fingerprint density at radius 1 is 0.632 bits per heavy atom. The van der Waals surface area contributed by atoms with Crippen molar-refractivity contribution in [3.8, 4) is 5.75 Å². The van der Waals surface area contributed by atoms with Crippen LogP contribution in [-0.4, -0.2) is 180 Å². The monoisotopic (exact) mass is 993 g/mol. The van der Waals surface area contributed by atoms with E-state index in [2.05, 4.69) is 10.6 Å². The van der Waals surface area contributed by atoms with Gasteiger partial charge in [-0.1, -0.05) is 31.0 Å². The molecule has 0 aromatic heterocycles. The number of nitrogens with two attached hydrogens (primary N) is 2. The first-order valence-corrected chi connectivity index (χ1v) is 26.4. The molecule has 0 bridgehead atoms. The average molecular weight is 994 g/mol. The summed E-state index contributed by atoms with van der Waals surface area (Å²) in [5.41, 5.74) is 12.0. The summed E-state index contributed by atoms with van der Waals surface area (Å²) in [5, 5.41) is 28.0. The standard InChI is InChI=1S/C47H75N7O12S2/c1-34(56)39(12-6-8-18-48)50-20-10-22-53(4)67(59,60)43-33-44(68(61,62)54(5)23-11-21-51-40(47(57)58)13-7-9-19-49)38-17-15-36-42(66-31-30-65-29-28-64-27-26-63-25-24-55)32-41(52(2)3)35-14-16-37(43)46(38)45(35)36/h14-17,32-33,39-40,50-51,55H,6-13,18-31,48-49H2,1-5H3,(H,57,58). The Kier molecular flexibility index (Phi) is 23.5. The number of ketones is 1. The quantitative estimate of drug-likeness (QED) is 0.0280. The SMILES string of the molecule is CC(=O)C(CCCCN)NCCCN(C)S(=O)(=O)c1cc(S(=O)(=O)N(C)CCCNC(CCCCN)C(=O)O)c2ccc3c(OCCOCCOCCOCCO)cc(N(C)C)c4ccc1c2c34. The van der Waals surface area contributed by atoms with Crippen LogP contribution in [0.2, 0.25) is 0 Å². The predicted molar refractivity (Wildman–Crippen MR) is 266 cm³/mol. The molecule has 2 unspecified atom stereocenters. The number of ether oxygens (including phenoxy) is 4. The summed E-state index contributed by atoms with van der Waals surface area (Å²) in [6.07, 6.45) is 4.57. The van der Waals surface area contributed by atoms with Crippen LogP contribution < -0.4 is 31.7 Å². The molecule has 4 rings (SSSR count). The molecule has 0 radical (unpaired) electrons. The van der Waals surface area contributed by atoms with Gasteiger partial charge >= 0.3 is 5.97 Å². The predicted octanol–water partition coefficient (Wildman–Crippen LogP) is 2.94. The van der Waals surface area contributed by atoms with E-state index in [4.69, 9.17) is 35.5 Å². The number of nitrogens with one attached hydrogen (secondary N) is 2. The second-order valence-electron chi connectivity index (χ2n) is 17.0. The molecule has 68 heavy (non-hydrogen) atoms. The molecule has 0 fully saturated rings. The molecular formula is C47H75N7O12S2. The number of anilines is 1. The zero-order valence-corrected chi connectivity index (χ0v) is 42.1. The Morgan fingerprint density at radius 3 is 1.57 bits per heavy atom. The van der Waals surface area contributed by atoms with Gasteiger partial charge < -0.3 is 56.2 Å². The molecule has 4 aromatic carbocycles. The number of nitrogens with zero attached hydrogens (tertiary/aromatic N) is 3. The van der Waals surface area contributed by atoms with Crippen LogP contribution in [-0.2, 0) is 43.8 Å². The van der Waals surface area contributed by atoms with Gasteiger partial charge in [0.1, 0.15) is 24.2 Å². The number of aliphatic hydroxyl groups excluding tert-OH is 1. The molecule has 0 amide bonds. The second-order valence-corrected chi connectivity index (χ2v) is 21.1. The third kappa shape index (κ3) is 15.3. The van der Waals surface area contributed by atoms with E-state index in [0.717, 1.165) is 23.9 Å². The first-order valence-electron chi connectivity index (χ1n) is 23.5. The van der Waals surface area contributed by atoms with Gasteiger partial charge in [0.05, 0.1) is 62.1 Å². The summed E-state index contributed by atoms with van der Waals surface area (Å²) < 4.78 is 84.5. The zero-order chi connectivity index (χ0) is 49.9. The van der Waals surface area contributed by atoms with Crippen LogP contribution in [0.5, 0.6) is 5.75 Å². The Balaban J connectivity index is 1.73. The first-order chi connectivity index (χ1) is 32.5. The number of benzene rings is 4. The third-order valence-corrected chi connectivity index (χ3v) is 15.6. The summed E-state index contributed by atoms with van der Waals surface area (Å²) in [6.45, 7) is 5.24. The fraction of sp³-hybridized carbons (Fsp3) is 0.617. The molecule has 0 spiro atoms. The van der Waals surface area contributed by atoms with Crippen LogP contribution in [0.3, 0.4) is 0 Å². The van der Waals surface area contributed by atoms with Crippen LogP contribution in [0, 0.1) is 0 Å². The Morgan fingerprint density at radius 2 is 1.09 bits per heavy atom. The van der Waals surface area contributed by atoms with Crippen molar-refractivity contribution < 1.29 is 55.6 Å². The van der Waals surface area contributed by atoms with Crippen LogP contribution in [0.25, 0.3) is 32.3 Å². The number of hydrogen-bond donors (Lipinski definition) is 6. The molecule has 21 heteroatoms. The third-order valence-electron chi connectivity index (χ3n) is 11.8. The second kappa shape index (κ2) is 28.1. The van der Waals surface area contributed by atoms with E-state index in [9.17, 15) is 31.5 Å². The number of Topliss-reactive ketones (excluding diaryl/α,β-unsaturated/α-hetero) is 1. The van der Waals surface area contributed by atoms with Gasteiger partial charge in [-0.05, 0) is 83.8 Å². The lowest BCUT2D eigenvalue weighted by Gasteiger charge is -2.25. The molecular weight excluding hydrogens is 919 g/mol. The number of carbonyl (C=O) groups is 2. The Bertz CT molecular complexity index is 2330. The summed E-state index contributed by atoms with van der Waals surface area (Å²) >= 11 is 0. The summed E-state index contributed by atoms with van der Waals surface area (Å²) in [6, 6.07) is 9.04. The lowest BCUT2D eigenvalue weighted by molar-refractivity contribution is -0.139. The lowest BCUT2D eigenvalue weighted by Crippen LogP contribution is -2.38. The molecule has 0 aliphatic heterocycles. The van der Waals surface area contributed by atoms with Gasteiger partial charge in [0.15, 0.2) is 0 Å². The normalized spacial score (nSPS) is 13.4. The molecule has 0 heterocycles. The maximum Gasteiger partial charge on any atom is 0.320 e. The van der Waals surface area contributed by atoms with Crippen molar-refractivity contribution in [1.29, 1.82) is 0 Å². The van der Waals surface area contributed by atoms with Gasteiger partial charge in [-0.25, -0.2) is 25.4 Å². The van der Waals surface area contributed by atoms with Gasteiger partial charge in [0.25, 0.3) is 0 Å². The van der Waals surface area contributed by atoms with Crippen molar-refractivity contribution in [3.05, 3.63) is 36.4 Å². The van der Waals surface area contributed by atoms with Crippen molar-refractivity contribution in [2.75, 3.05) is 125 Å². The molecule has 19 nitrogen and oxygen atoms in total. The molecule has 0 aliphatic rings. The summed E-state index contributed by atoms with van der Waals surface area (Å²) in [7, 11) is -2.06. The minimum Gasteiger partial charge on any atom is -0.490 e. The number of hydrogen-bond acceptors (Lipinski definition) is 16. The number of aliphatic carboxylic acids is 1. The number of unbranched alkanes of at least 4 members (excludes halogenated alkanes) is 2. The van der Waals surface area contributed by atoms with E-state index in [1.54, 1.807) is 18.2 Å². The van der Waals surface area contributed by atoms with E-state index in [-0.39, 0.29) is 74.1 Å². The molecule has 0 aliphatic carbocycles. The number of sulfonamides is 2. The van der Waals surface area contributed by atoms with Gasteiger partial charge in [-0.2, -0.15) is 0 Å². The molecule has 4 aromatic rings. The van der Waals surface area contributed by atoms with Gasteiger partial charge in [0.2, 0.25) is 20.0 Å². The van der Waals surface area contributed by atoms with Crippen LogP contribution >= 0.6 is 0 Å². The van der Waals surface area contributed by atoms with Gasteiger partial charge in [-0.3, -0.25) is 9.59 Å². The highest BCUT2D eigenvalue weighted by Crippen LogP contribution is 2.46. The highest BCUT2D eigenvalue weighted by Gasteiger charge is 2.32. The van der Waals surface area contributed by atoms with Crippen LogP contribution in [0.1, 0.15) is 58.3 Å². The molecule has 2 atom stereocenters. The summed E-state index contributed by atoms with van der Waals surface area (Å²) in [5.74, 6) is -0.505.